The predicted octanol–water partition coefficient (Wildman–Crippen LogP) is 3.52. The highest BCUT2D eigenvalue weighted by Crippen LogP contribution is 2.22. The summed E-state index contributed by atoms with van der Waals surface area (Å²) in [6.45, 7) is 7.90. The van der Waals surface area contributed by atoms with Crippen LogP contribution in [0, 0.1) is 0 Å². The molecule has 0 aliphatic heterocycles. The minimum atomic E-state index is 0.306. The Bertz CT molecular complexity index is 315. The number of hydrogen-bond donors (Lipinski definition) is 1. The third kappa shape index (κ3) is 4.64. The molecule has 0 saturated carbocycles. The molecule has 0 amide bonds. The molecule has 0 aliphatic rings. The van der Waals surface area contributed by atoms with Crippen LogP contribution in [0.1, 0.15) is 32.4 Å². The lowest BCUT2D eigenvalue weighted by molar-refractivity contribution is 0.0796. The topological polar surface area (TPSA) is 21.3 Å². The Labute approximate surface area is 107 Å². The quantitative estimate of drug-likeness (QED) is 0.808. The first kappa shape index (κ1) is 13.7. The number of ether oxygens (including phenoxy) is 1. The molecule has 2 nitrogen and oxygen atoms in total. The van der Waals surface area contributed by atoms with Crippen molar-refractivity contribution in [3.63, 3.8) is 0 Å². The molecule has 1 aromatic carbocycles. The average Bonchev–Trinajstić information content (AvgIpc) is 2.24. The van der Waals surface area contributed by atoms with Crippen molar-refractivity contribution in [1.82, 2.24) is 5.32 Å². The predicted molar refractivity (Wildman–Crippen MR) is 71.6 cm³/mol. The number of benzene rings is 1. The first-order chi connectivity index (χ1) is 7.61. The summed E-state index contributed by atoms with van der Waals surface area (Å²) in [6.07, 6.45) is 0.306. The molecule has 0 radical (unpaired) electrons. The molecule has 0 aromatic heterocycles. The maximum atomic E-state index is 5.48. The van der Waals surface area contributed by atoms with E-state index in [0.29, 0.717) is 12.1 Å². The van der Waals surface area contributed by atoms with Gasteiger partial charge >= 0.3 is 0 Å². The van der Waals surface area contributed by atoms with Gasteiger partial charge in [0.2, 0.25) is 0 Å². The Hall–Kier alpha value is -0.380. The lowest BCUT2D eigenvalue weighted by atomic mass is 10.1. The molecule has 16 heavy (non-hydrogen) atoms. The molecule has 0 saturated heterocycles. The third-order valence-electron chi connectivity index (χ3n) is 2.38. The highest BCUT2D eigenvalue weighted by atomic mass is 79.9. The molecule has 1 N–H and O–H groups in total. The fourth-order valence-corrected chi connectivity index (χ4v) is 2.13. The van der Waals surface area contributed by atoms with Crippen LogP contribution in [0.5, 0.6) is 0 Å². The Balaban J connectivity index is 2.35. The molecule has 0 unspecified atom stereocenters. The van der Waals surface area contributed by atoms with Crippen molar-refractivity contribution in [3.05, 3.63) is 34.3 Å². The fourth-order valence-electron chi connectivity index (χ4n) is 1.51. The second kappa shape index (κ2) is 7.05. The second-order valence-electron chi connectivity index (χ2n) is 4.12. The zero-order chi connectivity index (χ0) is 12.0. The van der Waals surface area contributed by atoms with Gasteiger partial charge in [-0.05, 0) is 32.4 Å². The highest BCUT2D eigenvalue weighted by molar-refractivity contribution is 9.10. The minimum Gasteiger partial charge on any atom is -0.377 e. The maximum Gasteiger partial charge on any atom is 0.0594 e. The van der Waals surface area contributed by atoms with E-state index in [-0.39, 0.29) is 0 Å². The first-order valence-electron chi connectivity index (χ1n) is 5.70. The van der Waals surface area contributed by atoms with Gasteiger partial charge in [-0.1, -0.05) is 34.1 Å². The Morgan fingerprint density at radius 2 is 1.94 bits per heavy atom. The van der Waals surface area contributed by atoms with Gasteiger partial charge in [0.05, 0.1) is 12.7 Å². The molecule has 3 heteroatoms. The molecule has 0 spiro atoms. The summed E-state index contributed by atoms with van der Waals surface area (Å²) in [5.74, 6) is 0. The molecule has 0 bridgehead atoms. The van der Waals surface area contributed by atoms with Gasteiger partial charge in [0.15, 0.2) is 0 Å². The van der Waals surface area contributed by atoms with Crippen molar-refractivity contribution in [2.75, 3.05) is 13.2 Å². The second-order valence-corrected chi connectivity index (χ2v) is 4.97. The van der Waals surface area contributed by atoms with Gasteiger partial charge in [0, 0.05) is 17.1 Å². The number of halogens is 1. The molecule has 0 heterocycles. The van der Waals surface area contributed by atoms with Crippen LogP contribution in [-0.4, -0.2) is 19.3 Å². The van der Waals surface area contributed by atoms with Gasteiger partial charge < -0.3 is 10.1 Å². The summed E-state index contributed by atoms with van der Waals surface area (Å²) in [6, 6.07) is 8.63. The third-order valence-corrected chi connectivity index (χ3v) is 3.10. The average molecular weight is 286 g/mol. The van der Waals surface area contributed by atoms with Crippen molar-refractivity contribution in [2.45, 2.75) is 32.9 Å². The summed E-state index contributed by atoms with van der Waals surface area (Å²) >= 11 is 3.56. The zero-order valence-electron chi connectivity index (χ0n) is 10.2. The van der Waals surface area contributed by atoms with Crippen molar-refractivity contribution in [3.8, 4) is 0 Å². The van der Waals surface area contributed by atoms with E-state index in [1.165, 1.54) is 5.56 Å². The Morgan fingerprint density at radius 1 is 1.25 bits per heavy atom. The van der Waals surface area contributed by atoms with Crippen LogP contribution >= 0.6 is 15.9 Å². The lowest BCUT2D eigenvalue weighted by Crippen LogP contribution is -2.24. The minimum absolute atomic E-state index is 0.306. The van der Waals surface area contributed by atoms with Crippen LogP contribution in [0.25, 0.3) is 0 Å². The van der Waals surface area contributed by atoms with Crippen LogP contribution in [-0.2, 0) is 4.74 Å². The van der Waals surface area contributed by atoms with Crippen LogP contribution in [0.2, 0.25) is 0 Å². The van der Waals surface area contributed by atoms with Crippen molar-refractivity contribution in [1.29, 1.82) is 0 Å². The molecule has 1 rings (SSSR count). The van der Waals surface area contributed by atoms with Crippen molar-refractivity contribution in [2.24, 2.45) is 0 Å². The standard InChI is InChI=1S/C13H20BrNO/c1-10(2)16-9-8-15-11(3)12-6-4-5-7-13(12)14/h4-7,10-11,15H,8-9H2,1-3H3/t11-/m1/s1. The van der Waals surface area contributed by atoms with Crippen LogP contribution < -0.4 is 5.32 Å². The number of hydrogen-bond acceptors (Lipinski definition) is 2. The highest BCUT2D eigenvalue weighted by Gasteiger charge is 2.07. The first-order valence-corrected chi connectivity index (χ1v) is 6.50. The van der Waals surface area contributed by atoms with E-state index in [9.17, 15) is 0 Å². The normalized spacial score (nSPS) is 13.1. The van der Waals surface area contributed by atoms with Gasteiger partial charge in [-0.15, -0.1) is 0 Å². The largest absolute Gasteiger partial charge is 0.377 e. The summed E-state index contributed by atoms with van der Waals surface area (Å²) in [7, 11) is 0. The molecule has 0 fully saturated rings. The van der Waals surface area contributed by atoms with Gasteiger partial charge in [-0.2, -0.15) is 0 Å². The SMILES string of the molecule is CC(C)OCCN[C@H](C)c1ccccc1Br. The molecular formula is C13H20BrNO. The van der Waals surface area contributed by atoms with Crippen molar-refractivity contribution >= 4 is 15.9 Å². The maximum absolute atomic E-state index is 5.48. The van der Waals surface area contributed by atoms with E-state index < -0.39 is 0 Å². The molecular weight excluding hydrogens is 266 g/mol. The Morgan fingerprint density at radius 3 is 2.56 bits per heavy atom. The molecule has 1 aromatic rings. The van der Waals surface area contributed by atoms with E-state index in [0.717, 1.165) is 17.6 Å². The summed E-state index contributed by atoms with van der Waals surface area (Å²) < 4.78 is 6.64. The van der Waals surface area contributed by atoms with E-state index in [2.05, 4.69) is 60.2 Å². The van der Waals surface area contributed by atoms with Crippen LogP contribution in [0.15, 0.2) is 28.7 Å². The van der Waals surface area contributed by atoms with Gasteiger partial charge in [0.1, 0.15) is 0 Å². The van der Waals surface area contributed by atoms with E-state index in [1.807, 2.05) is 6.07 Å². The summed E-state index contributed by atoms with van der Waals surface area (Å²) in [5, 5.41) is 3.44. The van der Waals surface area contributed by atoms with E-state index in [1.54, 1.807) is 0 Å². The number of nitrogens with one attached hydrogen (secondary N) is 1. The van der Waals surface area contributed by atoms with Gasteiger partial charge in [0.25, 0.3) is 0 Å². The molecule has 0 aliphatic carbocycles. The smallest absolute Gasteiger partial charge is 0.0594 e. The van der Waals surface area contributed by atoms with Crippen LogP contribution in [0.4, 0.5) is 0 Å². The fraction of sp³-hybridized carbons (Fsp3) is 0.538. The number of rotatable bonds is 6. The molecule has 1 atom stereocenters. The summed E-state index contributed by atoms with van der Waals surface area (Å²) in [4.78, 5) is 0. The lowest BCUT2D eigenvalue weighted by Gasteiger charge is -2.16. The van der Waals surface area contributed by atoms with E-state index >= 15 is 0 Å². The monoisotopic (exact) mass is 285 g/mol. The van der Waals surface area contributed by atoms with Gasteiger partial charge in [-0.3, -0.25) is 0 Å². The van der Waals surface area contributed by atoms with Crippen molar-refractivity contribution < 1.29 is 4.74 Å². The molecule has 90 valence electrons. The van der Waals surface area contributed by atoms with E-state index in [4.69, 9.17) is 4.74 Å². The summed E-state index contributed by atoms with van der Waals surface area (Å²) in [5.41, 5.74) is 1.28. The zero-order valence-corrected chi connectivity index (χ0v) is 11.8. The van der Waals surface area contributed by atoms with Crippen LogP contribution in [0.3, 0.4) is 0 Å². The Kier molecular flexibility index (Phi) is 6.03. The van der Waals surface area contributed by atoms with Gasteiger partial charge in [-0.25, -0.2) is 0 Å².